The van der Waals surface area contributed by atoms with Crippen LogP contribution >= 0.6 is 11.8 Å². The quantitative estimate of drug-likeness (QED) is 0.432. The largest absolute Gasteiger partial charge is 0.435 e. The van der Waals surface area contributed by atoms with Crippen molar-refractivity contribution in [2.24, 2.45) is 0 Å². The molecule has 0 saturated carbocycles. The van der Waals surface area contributed by atoms with Crippen LogP contribution in [0.4, 0.5) is 8.78 Å². The number of Topliss-reactive ketones (excluding diaryl/α,β-unsaturated/α-hetero) is 1. The van der Waals surface area contributed by atoms with Crippen LogP contribution in [0.2, 0.25) is 0 Å². The second-order valence-corrected chi connectivity index (χ2v) is 6.94. The maximum atomic E-state index is 12.6. The van der Waals surface area contributed by atoms with Gasteiger partial charge < -0.3 is 4.74 Å². The van der Waals surface area contributed by atoms with Crippen molar-refractivity contribution in [3.05, 3.63) is 65.7 Å². The predicted molar refractivity (Wildman–Crippen MR) is 96.1 cm³/mol. The van der Waals surface area contributed by atoms with E-state index in [4.69, 9.17) is 0 Å². The number of tetrazole rings is 1. The van der Waals surface area contributed by atoms with Crippen molar-refractivity contribution >= 4 is 17.5 Å². The molecule has 27 heavy (non-hydrogen) atoms. The Morgan fingerprint density at radius 1 is 1.15 bits per heavy atom. The third kappa shape index (κ3) is 5.10. The SMILES string of the molecule is CC(Sc1nnnn1Cc1ccccc1)C(=O)c1ccc(OC(F)F)cc1. The Morgan fingerprint density at radius 3 is 2.52 bits per heavy atom. The first kappa shape index (κ1) is 19.0. The van der Waals surface area contributed by atoms with E-state index < -0.39 is 11.9 Å². The molecule has 6 nitrogen and oxygen atoms in total. The summed E-state index contributed by atoms with van der Waals surface area (Å²) in [7, 11) is 0. The van der Waals surface area contributed by atoms with Gasteiger partial charge in [-0.1, -0.05) is 42.1 Å². The Kier molecular flexibility index (Phi) is 6.12. The summed E-state index contributed by atoms with van der Waals surface area (Å²) in [5.41, 5.74) is 1.44. The lowest BCUT2D eigenvalue weighted by Crippen LogP contribution is -2.15. The van der Waals surface area contributed by atoms with Crippen molar-refractivity contribution in [2.75, 3.05) is 0 Å². The normalized spacial score (nSPS) is 12.1. The highest BCUT2D eigenvalue weighted by molar-refractivity contribution is 8.00. The number of halogens is 2. The fourth-order valence-electron chi connectivity index (χ4n) is 2.38. The zero-order valence-electron chi connectivity index (χ0n) is 14.3. The average molecular weight is 390 g/mol. The molecule has 3 aromatic rings. The Bertz CT molecular complexity index is 888. The molecule has 0 saturated heterocycles. The minimum atomic E-state index is -2.90. The first-order valence-corrected chi connectivity index (χ1v) is 8.96. The summed E-state index contributed by atoms with van der Waals surface area (Å²) in [6.07, 6.45) is 0. The van der Waals surface area contributed by atoms with E-state index >= 15 is 0 Å². The van der Waals surface area contributed by atoms with Gasteiger partial charge in [0.1, 0.15) is 5.75 Å². The van der Waals surface area contributed by atoms with Gasteiger partial charge in [-0.05, 0) is 47.2 Å². The van der Waals surface area contributed by atoms with Gasteiger partial charge in [0.15, 0.2) is 5.78 Å². The molecule has 0 radical (unpaired) electrons. The van der Waals surface area contributed by atoms with Crippen LogP contribution in [0, 0.1) is 0 Å². The van der Waals surface area contributed by atoms with E-state index in [-0.39, 0.29) is 11.5 Å². The maximum Gasteiger partial charge on any atom is 0.387 e. The summed E-state index contributed by atoms with van der Waals surface area (Å²) >= 11 is 1.24. The molecule has 0 spiro atoms. The van der Waals surface area contributed by atoms with Crippen LogP contribution in [0.5, 0.6) is 5.75 Å². The number of carbonyl (C=O) groups is 1. The van der Waals surface area contributed by atoms with Gasteiger partial charge in [-0.15, -0.1) is 5.10 Å². The smallest absolute Gasteiger partial charge is 0.387 e. The van der Waals surface area contributed by atoms with Gasteiger partial charge in [-0.2, -0.15) is 8.78 Å². The average Bonchev–Trinajstić information content (AvgIpc) is 3.08. The number of ketones is 1. The minimum Gasteiger partial charge on any atom is -0.435 e. The molecule has 0 amide bonds. The van der Waals surface area contributed by atoms with Gasteiger partial charge in [0.2, 0.25) is 5.16 Å². The molecule has 9 heteroatoms. The van der Waals surface area contributed by atoms with Crippen LogP contribution in [0.15, 0.2) is 59.8 Å². The van der Waals surface area contributed by atoms with Crippen LogP contribution in [-0.4, -0.2) is 37.9 Å². The van der Waals surface area contributed by atoms with Gasteiger partial charge >= 0.3 is 6.61 Å². The van der Waals surface area contributed by atoms with E-state index in [9.17, 15) is 13.6 Å². The summed E-state index contributed by atoms with van der Waals surface area (Å²) < 4.78 is 30.3. The zero-order chi connectivity index (χ0) is 19.2. The number of carbonyl (C=O) groups excluding carboxylic acids is 1. The molecule has 1 unspecified atom stereocenters. The number of thioether (sulfide) groups is 1. The van der Waals surface area contributed by atoms with Crippen LogP contribution in [-0.2, 0) is 6.54 Å². The van der Waals surface area contributed by atoms with Crippen molar-refractivity contribution in [3.8, 4) is 5.75 Å². The van der Waals surface area contributed by atoms with Crippen molar-refractivity contribution in [3.63, 3.8) is 0 Å². The van der Waals surface area contributed by atoms with Gasteiger partial charge in [0.05, 0.1) is 11.8 Å². The van der Waals surface area contributed by atoms with E-state index in [2.05, 4.69) is 20.3 Å². The van der Waals surface area contributed by atoms with E-state index in [1.807, 2.05) is 30.3 Å². The molecule has 0 aliphatic carbocycles. The van der Waals surface area contributed by atoms with E-state index in [0.717, 1.165) is 5.56 Å². The highest BCUT2D eigenvalue weighted by atomic mass is 32.2. The lowest BCUT2D eigenvalue weighted by atomic mass is 10.1. The number of alkyl halides is 2. The number of hydrogen-bond donors (Lipinski definition) is 0. The first-order valence-electron chi connectivity index (χ1n) is 8.09. The van der Waals surface area contributed by atoms with Gasteiger partial charge in [-0.25, -0.2) is 4.68 Å². The number of nitrogens with zero attached hydrogens (tertiary/aromatic N) is 4. The molecule has 1 atom stereocenters. The fraction of sp³-hybridized carbons (Fsp3) is 0.222. The van der Waals surface area contributed by atoms with Gasteiger partial charge in [0.25, 0.3) is 0 Å². The minimum absolute atomic E-state index is 0.00802. The highest BCUT2D eigenvalue weighted by Crippen LogP contribution is 2.25. The summed E-state index contributed by atoms with van der Waals surface area (Å²) in [5, 5.41) is 11.7. The Hall–Kier alpha value is -2.81. The monoisotopic (exact) mass is 390 g/mol. The molecule has 1 aromatic heterocycles. The van der Waals surface area contributed by atoms with E-state index in [1.54, 1.807) is 11.6 Å². The Morgan fingerprint density at radius 2 is 1.85 bits per heavy atom. The molecule has 1 heterocycles. The van der Waals surface area contributed by atoms with Crippen molar-refractivity contribution in [1.82, 2.24) is 20.2 Å². The van der Waals surface area contributed by atoms with E-state index in [1.165, 1.54) is 36.0 Å². The summed E-state index contributed by atoms with van der Waals surface area (Å²) in [6.45, 7) is -0.654. The fourth-order valence-corrected chi connectivity index (χ4v) is 3.25. The second kappa shape index (κ2) is 8.72. The molecular weight excluding hydrogens is 374 g/mol. The van der Waals surface area contributed by atoms with Crippen molar-refractivity contribution < 1.29 is 18.3 Å². The molecule has 2 aromatic carbocycles. The summed E-state index contributed by atoms with van der Waals surface area (Å²) in [6, 6.07) is 15.3. The number of benzene rings is 2. The zero-order valence-corrected chi connectivity index (χ0v) is 15.1. The Labute approximate surface area is 158 Å². The summed E-state index contributed by atoms with van der Waals surface area (Å²) in [5.74, 6) is -0.147. The number of aromatic nitrogens is 4. The standard InChI is InChI=1S/C18H16F2N4O2S/c1-12(16(25)14-7-9-15(10-8-14)26-17(19)20)27-18-21-22-23-24(18)11-13-5-3-2-4-6-13/h2-10,12,17H,11H2,1H3. The van der Waals surface area contributed by atoms with Gasteiger partial charge in [0, 0.05) is 5.56 Å². The van der Waals surface area contributed by atoms with Crippen LogP contribution in [0.25, 0.3) is 0 Å². The number of rotatable bonds is 8. The molecule has 140 valence electrons. The van der Waals surface area contributed by atoms with Crippen LogP contribution < -0.4 is 4.74 Å². The molecule has 0 fully saturated rings. The number of hydrogen-bond acceptors (Lipinski definition) is 6. The van der Waals surface area contributed by atoms with Crippen molar-refractivity contribution in [1.29, 1.82) is 0 Å². The molecule has 0 aliphatic heterocycles. The lowest BCUT2D eigenvalue weighted by molar-refractivity contribution is -0.0498. The molecule has 0 aliphatic rings. The lowest BCUT2D eigenvalue weighted by Gasteiger charge is -2.11. The molecule has 0 bridgehead atoms. The third-order valence-electron chi connectivity index (χ3n) is 3.69. The first-order chi connectivity index (χ1) is 13.0. The summed E-state index contributed by atoms with van der Waals surface area (Å²) in [4.78, 5) is 12.6. The highest BCUT2D eigenvalue weighted by Gasteiger charge is 2.20. The topological polar surface area (TPSA) is 69.9 Å². The van der Waals surface area contributed by atoms with Crippen molar-refractivity contribution in [2.45, 2.75) is 30.5 Å². The van der Waals surface area contributed by atoms with Crippen LogP contribution in [0.1, 0.15) is 22.8 Å². The molecular formula is C18H16F2N4O2S. The predicted octanol–water partition coefficient (Wildman–Crippen LogP) is 3.69. The third-order valence-corrected chi connectivity index (χ3v) is 4.76. The Balaban J connectivity index is 1.66. The number of ether oxygens (including phenoxy) is 1. The van der Waals surface area contributed by atoms with E-state index in [0.29, 0.717) is 17.3 Å². The van der Waals surface area contributed by atoms with Crippen LogP contribution in [0.3, 0.4) is 0 Å². The van der Waals surface area contributed by atoms with Gasteiger partial charge in [-0.3, -0.25) is 4.79 Å². The maximum absolute atomic E-state index is 12.6. The molecule has 0 N–H and O–H groups in total. The second-order valence-electron chi connectivity index (χ2n) is 5.63. The molecule has 3 rings (SSSR count).